The number of pyridine rings is 1. The van der Waals surface area contributed by atoms with E-state index in [0.717, 1.165) is 0 Å². The van der Waals surface area contributed by atoms with Gasteiger partial charge in [-0.3, -0.25) is 28.6 Å². The molecule has 0 spiro atoms. The molecular formula is C52H57Cl2FN10O7. The van der Waals surface area contributed by atoms with Gasteiger partial charge in [-0.05, 0) is 119 Å². The topological polar surface area (TPSA) is 240 Å². The summed E-state index contributed by atoms with van der Waals surface area (Å²) in [7, 11) is 0. The number of H-pyrrole nitrogens is 1. The molecule has 2 fully saturated rings. The normalized spacial score (nSPS) is 17.4. The molecule has 72 heavy (non-hydrogen) atoms. The lowest BCUT2D eigenvalue weighted by atomic mass is 9.91. The van der Waals surface area contributed by atoms with E-state index in [1.54, 1.807) is 67.7 Å². The van der Waals surface area contributed by atoms with Gasteiger partial charge < -0.3 is 41.6 Å². The van der Waals surface area contributed by atoms with Crippen LogP contribution in [0.25, 0.3) is 28.2 Å². The molecule has 3 amide bonds. The van der Waals surface area contributed by atoms with E-state index in [4.69, 9.17) is 23.2 Å². The third kappa shape index (κ3) is 11.0. The van der Waals surface area contributed by atoms with Crippen LogP contribution in [0.3, 0.4) is 0 Å². The van der Waals surface area contributed by atoms with Crippen molar-refractivity contribution in [2.24, 2.45) is 11.3 Å². The van der Waals surface area contributed by atoms with E-state index in [1.807, 2.05) is 32.6 Å². The molecule has 1 aliphatic carbocycles. The number of nitrogens with zero attached hydrogens (tertiary/aromatic N) is 5. The number of anilines is 1. The molecule has 3 aromatic heterocycles. The molecular weight excluding hydrogens is 967 g/mol. The number of rotatable bonds is 18. The van der Waals surface area contributed by atoms with E-state index in [9.17, 15) is 34.5 Å². The number of nitrogens with one attached hydrogen (secondary N) is 5. The Hall–Kier alpha value is -7.02. The fraction of sp³-hybridized carbons (Fsp3) is 0.365. The number of likely N-dealkylation sites (tertiary alicyclic amines) is 1. The number of piperidine rings is 1. The molecule has 0 radical (unpaired) electrons. The zero-order chi connectivity index (χ0) is 51.6. The summed E-state index contributed by atoms with van der Waals surface area (Å²) in [6.07, 6.45) is 4.23. The number of carbonyl (C=O) groups is 4. The van der Waals surface area contributed by atoms with Gasteiger partial charge in [0.05, 0.1) is 27.7 Å². The number of benzene rings is 3. The molecule has 0 bridgehead atoms. The summed E-state index contributed by atoms with van der Waals surface area (Å²) in [4.78, 5) is 63.3. The van der Waals surface area contributed by atoms with Crippen molar-refractivity contribution >= 4 is 52.7 Å². The Morgan fingerprint density at radius 3 is 2.38 bits per heavy atom. The number of carboxylic acid groups (broad SMARTS) is 1. The first-order valence-electron chi connectivity index (χ1n) is 23.9. The lowest BCUT2D eigenvalue weighted by Gasteiger charge is -2.31. The van der Waals surface area contributed by atoms with Crippen LogP contribution in [-0.4, -0.2) is 100 Å². The largest absolute Gasteiger partial charge is 0.508 e. The lowest BCUT2D eigenvalue weighted by Crippen LogP contribution is -2.43. The number of hydrogen-bond acceptors (Lipinski definition) is 11. The van der Waals surface area contributed by atoms with Crippen LogP contribution in [0.1, 0.15) is 110 Å². The van der Waals surface area contributed by atoms with Gasteiger partial charge in [0, 0.05) is 71.3 Å². The summed E-state index contributed by atoms with van der Waals surface area (Å²) in [5.41, 5.74) is 2.11. The molecule has 6 aromatic rings. The molecule has 2 aliphatic rings. The molecule has 8 N–H and O–H groups in total. The van der Waals surface area contributed by atoms with Crippen LogP contribution in [0.4, 0.5) is 10.2 Å². The van der Waals surface area contributed by atoms with Gasteiger partial charge in [-0.15, -0.1) is 10.2 Å². The standard InChI is InChI=1S/C52H57Cl2FN10O7/c1-6-56-50(70)47-63-62-46(37-19-35(27(2)3)42(66)21-43(37)67)65(47)34-11-10-31(39(55)18-34)26-64-14-12-29(13-15-64)48(68)61-44-23-52(44,51(71)72)22-41(30-8-7-9-33(53)16-30)60-49(69)40-17-32(24-57-40)36-20-45(59-28(4)5)58-25-38(36)54/h7-11,16-21,24-25,27-29,41,44,57,66-67H,6,12-15,22-23,26H2,1-5H3,(H,56,70)(H,58,59)(H,60,69)(H,61,68)(H,71,72). The van der Waals surface area contributed by atoms with E-state index in [2.05, 4.69) is 41.4 Å². The van der Waals surface area contributed by atoms with Gasteiger partial charge in [-0.2, -0.15) is 0 Å². The Kier molecular flexibility index (Phi) is 15.2. The average molecular weight is 1020 g/mol. The van der Waals surface area contributed by atoms with E-state index >= 15 is 4.39 Å². The lowest BCUT2D eigenvalue weighted by molar-refractivity contribution is -0.144. The minimum atomic E-state index is -1.37. The molecule has 20 heteroatoms. The number of amides is 3. The number of halogens is 3. The molecule has 1 saturated carbocycles. The van der Waals surface area contributed by atoms with Gasteiger partial charge in [-0.25, -0.2) is 9.37 Å². The SMILES string of the molecule is CCNC(=O)c1nnc(-c2cc(C(C)C)c(O)cc2O)n1-c1ccc(CN2CCC(C(=O)NC3CC3(CC(NC(=O)c3cc(-c4cc(NC(C)C)ncc4Cl)c[nH]3)c3cccc(Cl)c3)C(=O)O)CC2)c(F)c1. The van der Waals surface area contributed by atoms with Gasteiger partial charge >= 0.3 is 5.97 Å². The third-order valence-corrected chi connectivity index (χ3v) is 13.9. The van der Waals surface area contributed by atoms with Crippen molar-refractivity contribution in [3.8, 4) is 39.7 Å². The quantitative estimate of drug-likeness (QED) is 0.0404. The average Bonchev–Trinajstić information content (AvgIpc) is 3.60. The van der Waals surface area contributed by atoms with Crippen LogP contribution in [0.15, 0.2) is 79.1 Å². The van der Waals surface area contributed by atoms with Gasteiger partial charge in [0.1, 0.15) is 28.8 Å². The van der Waals surface area contributed by atoms with Crippen molar-refractivity contribution in [2.45, 2.75) is 90.9 Å². The second-order valence-electron chi connectivity index (χ2n) is 19.1. The summed E-state index contributed by atoms with van der Waals surface area (Å²) >= 11 is 12.9. The monoisotopic (exact) mass is 1020 g/mol. The van der Waals surface area contributed by atoms with Gasteiger partial charge in [0.2, 0.25) is 11.7 Å². The maximum atomic E-state index is 16.1. The van der Waals surface area contributed by atoms with E-state index in [1.165, 1.54) is 22.9 Å². The highest BCUT2D eigenvalue weighted by Crippen LogP contribution is 2.53. The second-order valence-corrected chi connectivity index (χ2v) is 20.0. The number of aliphatic carboxylic acids is 1. The van der Waals surface area contributed by atoms with E-state index in [0.29, 0.717) is 76.2 Å². The molecule has 3 aromatic carbocycles. The first kappa shape index (κ1) is 51.3. The van der Waals surface area contributed by atoms with Crippen molar-refractivity contribution < 1.29 is 38.9 Å². The van der Waals surface area contributed by atoms with Gasteiger partial charge in [0.25, 0.3) is 11.8 Å². The summed E-state index contributed by atoms with van der Waals surface area (Å²) in [6.45, 7) is 10.9. The summed E-state index contributed by atoms with van der Waals surface area (Å²) in [5, 5.41) is 53.1. The van der Waals surface area contributed by atoms with Crippen molar-refractivity contribution in [1.29, 1.82) is 0 Å². The Morgan fingerprint density at radius 1 is 0.931 bits per heavy atom. The van der Waals surface area contributed by atoms with Crippen LogP contribution in [0, 0.1) is 17.2 Å². The van der Waals surface area contributed by atoms with E-state index in [-0.39, 0.29) is 77.3 Å². The maximum absolute atomic E-state index is 16.1. The van der Waals surface area contributed by atoms with E-state index < -0.39 is 47.0 Å². The van der Waals surface area contributed by atoms with Crippen molar-refractivity contribution in [2.75, 3.05) is 25.0 Å². The van der Waals surface area contributed by atoms with Crippen molar-refractivity contribution in [3.63, 3.8) is 0 Å². The number of aromatic hydroxyl groups is 2. The molecule has 1 aliphatic heterocycles. The van der Waals surface area contributed by atoms with Crippen LogP contribution >= 0.6 is 23.2 Å². The zero-order valence-corrected chi connectivity index (χ0v) is 41.9. The molecule has 3 atom stereocenters. The number of aromatic amines is 1. The number of phenolic OH excluding ortho intramolecular Hbond substituents is 2. The zero-order valence-electron chi connectivity index (χ0n) is 40.4. The molecule has 1 saturated heterocycles. The van der Waals surface area contributed by atoms with Crippen molar-refractivity contribution in [1.82, 2.24) is 45.6 Å². The maximum Gasteiger partial charge on any atom is 0.311 e. The number of hydrogen-bond donors (Lipinski definition) is 8. The molecule has 17 nitrogen and oxygen atoms in total. The van der Waals surface area contributed by atoms with Crippen LogP contribution in [0.5, 0.6) is 11.5 Å². The Morgan fingerprint density at radius 2 is 1.69 bits per heavy atom. The van der Waals surface area contributed by atoms with Crippen molar-refractivity contribution in [3.05, 3.63) is 123 Å². The molecule has 4 heterocycles. The number of aromatic nitrogens is 5. The predicted octanol–water partition coefficient (Wildman–Crippen LogP) is 8.61. The minimum absolute atomic E-state index is 0.0274. The summed E-state index contributed by atoms with van der Waals surface area (Å²) in [5.74, 6) is -3.32. The summed E-state index contributed by atoms with van der Waals surface area (Å²) in [6, 6.07) is 16.3. The third-order valence-electron chi connectivity index (χ3n) is 13.3. The van der Waals surface area contributed by atoms with Gasteiger partial charge in [-0.1, -0.05) is 55.2 Å². The van der Waals surface area contributed by atoms with Gasteiger partial charge in [0.15, 0.2) is 5.82 Å². The Balaban J connectivity index is 0.916. The highest BCUT2D eigenvalue weighted by atomic mass is 35.5. The van der Waals surface area contributed by atoms with Crippen LogP contribution in [-0.2, 0) is 16.1 Å². The smallest absolute Gasteiger partial charge is 0.311 e. The molecule has 378 valence electrons. The summed E-state index contributed by atoms with van der Waals surface area (Å²) < 4.78 is 17.5. The minimum Gasteiger partial charge on any atom is -0.508 e. The highest BCUT2D eigenvalue weighted by molar-refractivity contribution is 6.33. The molecule has 3 unspecified atom stereocenters. The van der Waals surface area contributed by atoms with Crippen LogP contribution < -0.4 is 21.3 Å². The number of carboxylic acids is 1. The fourth-order valence-electron chi connectivity index (χ4n) is 9.35. The molecule has 8 rings (SSSR count). The second kappa shape index (κ2) is 21.4. The Labute approximate surface area is 425 Å². The number of carbonyl (C=O) groups excluding carboxylic acids is 3. The first-order valence-corrected chi connectivity index (χ1v) is 24.6. The first-order chi connectivity index (χ1) is 34.3. The predicted molar refractivity (Wildman–Crippen MR) is 271 cm³/mol. The Bertz CT molecular complexity index is 3030. The fourth-order valence-corrected chi connectivity index (χ4v) is 9.76. The highest BCUT2D eigenvalue weighted by Gasteiger charge is 2.62. The van der Waals surface area contributed by atoms with Crippen LogP contribution in [0.2, 0.25) is 10.0 Å². The number of phenols is 2.